The van der Waals surface area contributed by atoms with Crippen LogP contribution < -0.4 is 30.4 Å². The predicted octanol–water partition coefficient (Wildman–Crippen LogP) is 0.123. The molecule has 0 unspecified atom stereocenters. The molecule has 5 N–H and O–H groups in total. The van der Waals surface area contributed by atoms with Crippen LogP contribution in [0.25, 0.3) is 22.3 Å². The van der Waals surface area contributed by atoms with E-state index in [1.807, 2.05) is 0 Å². The van der Waals surface area contributed by atoms with Gasteiger partial charge in [0.25, 0.3) is 17.4 Å². The number of carbonyl (C=O) groups excluding carboxylic acids is 7. The standard InChI is InChI=1S/C52H55N7O21S/c1-4-52(71)33-17-36-47-31(20-59(36)48(66)32(33)23-75-50(52)69)30(29-16-38-39(78-26-77-38)18-34(29)55-47)19-53-42(62)24-74-25-57(11-12-81(3,72)73)51(70)76-22-27-5-6-37(79-46-15-28(60)14-40(80-46)49(67)68)35(13-27)54-41(61)21-56(2)43(63)9-10-58-44(64)7-8-45(58)65/h5-8,13,16-18,28,40,46,60,71H,4,9-12,14-15,19-26H2,1-3H3,(H,53,62)(H,54,61)(H,67,68)/t28-,40-,46+,52-/m0/s1. The quantitative estimate of drug-likeness (QED) is 0.0370. The molecule has 28 nitrogen and oxygen atoms in total. The van der Waals surface area contributed by atoms with Gasteiger partial charge in [-0.05, 0) is 41.8 Å². The van der Waals surface area contributed by atoms with Crippen molar-refractivity contribution in [1.82, 2.24) is 29.6 Å². The van der Waals surface area contributed by atoms with E-state index in [-0.39, 0.29) is 86.8 Å². The zero-order valence-corrected chi connectivity index (χ0v) is 44.6. The number of likely N-dealkylation sites (N-methyl/N-ethyl adjacent to an activating group) is 1. The second-order valence-electron chi connectivity index (χ2n) is 19.6. The van der Waals surface area contributed by atoms with Gasteiger partial charge in [-0.2, -0.15) is 0 Å². The molecule has 6 amide bonds. The molecular formula is C52H55N7O21S. The second kappa shape index (κ2) is 23.3. The van der Waals surface area contributed by atoms with Crippen molar-refractivity contribution in [2.45, 2.75) is 83.0 Å². The van der Waals surface area contributed by atoms with Gasteiger partial charge in [-0.15, -0.1) is 0 Å². The first-order chi connectivity index (χ1) is 38.5. The Morgan fingerprint density at radius 1 is 0.963 bits per heavy atom. The molecule has 2 aromatic carbocycles. The molecule has 5 aliphatic heterocycles. The normalized spacial score (nSPS) is 19.6. The fourth-order valence-electron chi connectivity index (χ4n) is 9.61. The van der Waals surface area contributed by atoms with Crippen molar-refractivity contribution in [2.75, 3.05) is 64.1 Å². The molecule has 5 aliphatic rings. The highest BCUT2D eigenvalue weighted by Crippen LogP contribution is 2.43. The summed E-state index contributed by atoms with van der Waals surface area (Å²) < 4.78 is 65.0. The highest BCUT2D eigenvalue weighted by Gasteiger charge is 2.46. The zero-order chi connectivity index (χ0) is 58.1. The van der Waals surface area contributed by atoms with Crippen molar-refractivity contribution in [3.8, 4) is 28.6 Å². The summed E-state index contributed by atoms with van der Waals surface area (Å²) in [7, 11) is -2.35. The number of carbonyl (C=O) groups is 8. The molecule has 0 aliphatic carbocycles. The first kappa shape index (κ1) is 57.2. The lowest BCUT2D eigenvalue weighted by Gasteiger charge is -2.31. The van der Waals surface area contributed by atoms with Gasteiger partial charge < -0.3 is 68.6 Å². The van der Waals surface area contributed by atoms with Gasteiger partial charge >= 0.3 is 18.0 Å². The summed E-state index contributed by atoms with van der Waals surface area (Å²) in [6.45, 7) is -1.93. The third-order valence-electron chi connectivity index (χ3n) is 14.0. The van der Waals surface area contributed by atoms with Gasteiger partial charge in [-0.25, -0.2) is 27.8 Å². The average Bonchev–Trinajstić information content (AvgIpc) is 4.16. The number of aromatic nitrogens is 2. The summed E-state index contributed by atoms with van der Waals surface area (Å²) >= 11 is 0. The number of pyridine rings is 2. The Bertz CT molecular complexity index is 3480. The van der Waals surface area contributed by atoms with E-state index in [0.29, 0.717) is 44.9 Å². The summed E-state index contributed by atoms with van der Waals surface area (Å²) in [5.41, 5.74) is 0.00217. The maximum absolute atomic E-state index is 14.0. The Hall–Kier alpha value is -8.51. The first-order valence-electron chi connectivity index (χ1n) is 25.3. The molecule has 1 saturated heterocycles. The highest BCUT2D eigenvalue weighted by atomic mass is 32.2. The fraction of sp³-hybridized carbons (Fsp3) is 0.423. The molecule has 9 rings (SSSR count). The number of benzene rings is 2. The van der Waals surface area contributed by atoms with Crippen LogP contribution in [0.1, 0.15) is 60.4 Å². The number of imide groups is 1. The number of nitrogens with one attached hydrogen (secondary N) is 2. The minimum absolute atomic E-state index is 0.00349. The van der Waals surface area contributed by atoms with Crippen LogP contribution in [0.15, 0.2) is 53.3 Å². The van der Waals surface area contributed by atoms with Crippen LogP contribution in [0.2, 0.25) is 0 Å². The Balaban J connectivity index is 0.870. The van der Waals surface area contributed by atoms with E-state index in [1.165, 1.54) is 29.8 Å². The third-order valence-corrected chi connectivity index (χ3v) is 14.9. The number of ether oxygens (including phenoxy) is 7. The van der Waals surface area contributed by atoms with E-state index in [0.717, 1.165) is 33.1 Å². The SMILES string of the molecule is CC[C@@]1(O)C(=O)OCc2c1cc1n(c2=O)Cc2c-1nc1cc3c(cc1c2CNC(=O)COCN(CCS(C)(=O)=O)C(=O)OCc1ccc(O[C@H]2C[C@@H](O)C[C@@H](C(=O)O)O2)c(NC(=O)CN(C)C(=O)CCN2C(=O)C=CC2=O)c1)OCO3. The number of esters is 1. The molecule has 81 heavy (non-hydrogen) atoms. The van der Waals surface area contributed by atoms with E-state index < -0.39 is 126 Å². The number of carboxylic acid groups (broad SMARTS) is 1. The maximum atomic E-state index is 14.0. The number of fused-ring (bicyclic) bond motifs is 6. The lowest BCUT2D eigenvalue weighted by Crippen LogP contribution is -2.44. The van der Waals surface area contributed by atoms with Crippen molar-refractivity contribution < 1.29 is 95.3 Å². The van der Waals surface area contributed by atoms with Crippen LogP contribution >= 0.6 is 0 Å². The number of anilines is 1. The van der Waals surface area contributed by atoms with Crippen molar-refractivity contribution in [1.29, 1.82) is 0 Å². The molecule has 2 aromatic heterocycles. The van der Waals surface area contributed by atoms with Crippen molar-refractivity contribution >= 4 is 74.0 Å². The second-order valence-corrected chi connectivity index (χ2v) is 21.9. The van der Waals surface area contributed by atoms with E-state index in [1.54, 1.807) is 25.1 Å². The van der Waals surface area contributed by atoms with E-state index in [9.17, 15) is 66.9 Å². The fourth-order valence-corrected chi connectivity index (χ4v) is 10.2. The Labute approximate surface area is 459 Å². The Morgan fingerprint density at radius 2 is 1.70 bits per heavy atom. The zero-order valence-electron chi connectivity index (χ0n) is 43.8. The van der Waals surface area contributed by atoms with E-state index in [2.05, 4.69) is 10.6 Å². The number of amides is 6. The molecule has 430 valence electrons. The van der Waals surface area contributed by atoms with Gasteiger partial charge in [0.1, 0.15) is 42.1 Å². The van der Waals surface area contributed by atoms with Gasteiger partial charge in [0, 0.05) is 86.9 Å². The number of cyclic esters (lactones) is 1. The lowest BCUT2D eigenvalue weighted by atomic mass is 9.86. The van der Waals surface area contributed by atoms with Gasteiger partial charge in [-0.3, -0.25) is 38.6 Å². The van der Waals surface area contributed by atoms with Gasteiger partial charge in [0.05, 0.1) is 53.1 Å². The molecule has 0 spiro atoms. The molecular weight excluding hydrogens is 1090 g/mol. The van der Waals surface area contributed by atoms with Gasteiger partial charge in [-0.1, -0.05) is 13.0 Å². The number of rotatable bonds is 21. The van der Waals surface area contributed by atoms with Crippen LogP contribution in [-0.2, 0) is 94.3 Å². The van der Waals surface area contributed by atoms with Crippen molar-refractivity contribution in [3.05, 3.63) is 86.7 Å². The molecule has 0 radical (unpaired) electrons. The number of hydrogen-bond acceptors (Lipinski definition) is 21. The molecule has 1 fully saturated rings. The van der Waals surface area contributed by atoms with E-state index >= 15 is 0 Å². The smallest absolute Gasteiger partial charge is 0.411 e. The Morgan fingerprint density at radius 3 is 2.42 bits per heavy atom. The third kappa shape index (κ3) is 12.5. The Kier molecular flexibility index (Phi) is 16.4. The van der Waals surface area contributed by atoms with Gasteiger partial charge in [0.2, 0.25) is 30.8 Å². The van der Waals surface area contributed by atoms with E-state index in [4.69, 9.17) is 38.1 Å². The van der Waals surface area contributed by atoms with Gasteiger partial charge in [0.15, 0.2) is 23.2 Å². The van der Waals surface area contributed by atoms with Crippen LogP contribution in [0.3, 0.4) is 0 Å². The van der Waals surface area contributed by atoms with Crippen molar-refractivity contribution in [2.24, 2.45) is 0 Å². The molecule has 4 atom stereocenters. The number of aliphatic carboxylic acids is 1. The number of nitrogens with zero attached hydrogens (tertiary/aromatic N) is 5. The molecule has 0 bridgehead atoms. The molecule has 0 saturated carbocycles. The number of carboxylic acids is 1. The summed E-state index contributed by atoms with van der Waals surface area (Å²) in [5, 5.41) is 37.3. The monoisotopic (exact) mass is 1150 g/mol. The number of sulfone groups is 1. The molecule has 29 heteroatoms. The average molecular weight is 1150 g/mol. The summed E-state index contributed by atoms with van der Waals surface area (Å²) in [6, 6.07) is 8.99. The topological polar surface area (TPSA) is 365 Å². The summed E-state index contributed by atoms with van der Waals surface area (Å²) in [4.78, 5) is 124. The lowest BCUT2D eigenvalue weighted by molar-refractivity contribution is -0.195. The molecule has 4 aromatic rings. The largest absolute Gasteiger partial charge is 0.479 e. The summed E-state index contributed by atoms with van der Waals surface area (Å²) in [5.74, 6) is -5.23. The van der Waals surface area contributed by atoms with Crippen LogP contribution in [0, 0.1) is 0 Å². The van der Waals surface area contributed by atoms with Crippen LogP contribution in [0.5, 0.6) is 17.2 Å². The summed E-state index contributed by atoms with van der Waals surface area (Å²) in [6.07, 6.45) is -2.54. The van der Waals surface area contributed by atoms with Crippen LogP contribution in [0.4, 0.5) is 10.5 Å². The van der Waals surface area contributed by atoms with Crippen molar-refractivity contribution in [3.63, 3.8) is 0 Å². The first-order valence-corrected chi connectivity index (χ1v) is 27.4. The number of aliphatic hydroxyl groups is 2. The highest BCUT2D eigenvalue weighted by molar-refractivity contribution is 7.90. The van der Waals surface area contributed by atoms with Crippen LogP contribution in [-0.4, -0.2) is 173 Å². The number of hydrogen-bond donors (Lipinski definition) is 5. The number of aliphatic hydroxyl groups excluding tert-OH is 1. The minimum Gasteiger partial charge on any atom is -0.479 e. The molecule has 7 heterocycles. The predicted molar refractivity (Wildman–Crippen MR) is 275 cm³/mol. The maximum Gasteiger partial charge on any atom is 0.411 e. The minimum atomic E-state index is -3.67.